The first-order chi connectivity index (χ1) is 10.2. The molecule has 21 heavy (non-hydrogen) atoms. The van der Waals surface area contributed by atoms with Gasteiger partial charge in [-0.05, 0) is 29.8 Å². The molecule has 2 rings (SSSR count). The van der Waals surface area contributed by atoms with Gasteiger partial charge in [-0.2, -0.15) is 10.5 Å². The summed E-state index contributed by atoms with van der Waals surface area (Å²) in [4.78, 5) is 0. The van der Waals surface area contributed by atoms with Gasteiger partial charge >= 0.3 is 0 Å². The fourth-order valence-electron chi connectivity index (χ4n) is 1.94. The van der Waals surface area contributed by atoms with Crippen LogP contribution in [0, 0.1) is 28.5 Å². The number of benzene rings is 2. The summed E-state index contributed by atoms with van der Waals surface area (Å²) in [5.41, 5.74) is 1.90. The van der Waals surface area contributed by atoms with E-state index in [1.807, 2.05) is 12.1 Å². The minimum atomic E-state index is -0.453. The van der Waals surface area contributed by atoms with E-state index >= 15 is 0 Å². The number of hydrogen-bond donors (Lipinski definition) is 1. The summed E-state index contributed by atoms with van der Waals surface area (Å²) in [7, 11) is 1.40. The largest absolute Gasteiger partial charge is 0.494 e. The van der Waals surface area contributed by atoms with Gasteiger partial charge in [-0.3, -0.25) is 0 Å². The standard InChI is InChI=1S/C16H12FN3O/c1-21-15-6-5-11(7-14(15)17)10-20-16-12(8-18)3-2-4-13(16)9-19/h2-7,20H,10H2,1H3. The first-order valence-electron chi connectivity index (χ1n) is 6.19. The summed E-state index contributed by atoms with van der Waals surface area (Å²) in [5, 5.41) is 21.2. The van der Waals surface area contributed by atoms with Gasteiger partial charge in [-0.25, -0.2) is 4.39 Å². The van der Waals surface area contributed by atoms with Gasteiger partial charge in [0.2, 0.25) is 0 Å². The summed E-state index contributed by atoms with van der Waals surface area (Å²) >= 11 is 0. The lowest BCUT2D eigenvalue weighted by Crippen LogP contribution is -2.04. The highest BCUT2D eigenvalue weighted by atomic mass is 19.1. The molecule has 0 radical (unpaired) electrons. The second-order valence-corrected chi connectivity index (χ2v) is 4.27. The van der Waals surface area contributed by atoms with Crippen LogP contribution in [0.4, 0.5) is 10.1 Å². The van der Waals surface area contributed by atoms with E-state index in [1.165, 1.54) is 19.2 Å². The summed E-state index contributed by atoms with van der Waals surface area (Å²) in [6, 6.07) is 13.6. The summed E-state index contributed by atoms with van der Waals surface area (Å²) in [5.74, 6) is -0.278. The molecule has 0 aromatic heterocycles. The number of halogens is 1. The molecular weight excluding hydrogens is 269 g/mol. The Hall–Kier alpha value is -3.05. The minimum absolute atomic E-state index is 0.175. The maximum Gasteiger partial charge on any atom is 0.165 e. The van der Waals surface area contributed by atoms with Crippen molar-refractivity contribution in [2.75, 3.05) is 12.4 Å². The number of nitriles is 2. The van der Waals surface area contributed by atoms with Gasteiger partial charge < -0.3 is 10.1 Å². The van der Waals surface area contributed by atoms with Gasteiger partial charge in [0, 0.05) is 6.54 Å². The predicted molar refractivity (Wildman–Crippen MR) is 76.2 cm³/mol. The topological polar surface area (TPSA) is 68.8 Å². The van der Waals surface area contributed by atoms with Crippen molar-refractivity contribution in [1.29, 1.82) is 10.5 Å². The summed E-state index contributed by atoms with van der Waals surface area (Å²) in [6.45, 7) is 0.300. The molecule has 1 N–H and O–H groups in total. The molecular formula is C16H12FN3O. The highest BCUT2D eigenvalue weighted by Gasteiger charge is 2.08. The zero-order valence-corrected chi connectivity index (χ0v) is 11.4. The Labute approximate surface area is 122 Å². The van der Waals surface area contributed by atoms with Crippen LogP contribution in [0.3, 0.4) is 0 Å². The maximum atomic E-state index is 13.6. The molecule has 0 spiro atoms. The molecule has 4 nitrogen and oxygen atoms in total. The van der Waals surface area contributed by atoms with Crippen LogP contribution >= 0.6 is 0 Å². The van der Waals surface area contributed by atoms with Crippen LogP contribution in [0.5, 0.6) is 5.75 Å². The van der Waals surface area contributed by atoms with E-state index in [-0.39, 0.29) is 5.75 Å². The number of para-hydroxylation sites is 1. The van der Waals surface area contributed by atoms with Crippen molar-refractivity contribution >= 4 is 5.69 Å². The molecule has 0 aliphatic carbocycles. The molecule has 5 heteroatoms. The van der Waals surface area contributed by atoms with E-state index < -0.39 is 5.82 Å². The monoisotopic (exact) mass is 281 g/mol. The van der Waals surface area contributed by atoms with Gasteiger partial charge in [0.1, 0.15) is 12.1 Å². The lowest BCUT2D eigenvalue weighted by molar-refractivity contribution is 0.386. The van der Waals surface area contributed by atoms with Crippen molar-refractivity contribution in [1.82, 2.24) is 0 Å². The molecule has 0 aliphatic heterocycles. The van der Waals surface area contributed by atoms with Crippen molar-refractivity contribution in [3.63, 3.8) is 0 Å². The molecule has 2 aromatic rings. The van der Waals surface area contributed by atoms with E-state index in [9.17, 15) is 4.39 Å². The van der Waals surface area contributed by atoms with Crippen LogP contribution in [0.2, 0.25) is 0 Å². The Kier molecular flexibility index (Phi) is 4.38. The van der Waals surface area contributed by atoms with Gasteiger partial charge in [0.25, 0.3) is 0 Å². The molecule has 0 fully saturated rings. The third kappa shape index (κ3) is 3.10. The van der Waals surface area contributed by atoms with Crippen LogP contribution in [0.1, 0.15) is 16.7 Å². The lowest BCUT2D eigenvalue weighted by Gasteiger charge is -2.11. The number of methoxy groups -OCH3 is 1. The Morgan fingerprint density at radius 2 is 1.81 bits per heavy atom. The molecule has 0 unspecified atom stereocenters. The van der Waals surface area contributed by atoms with Gasteiger partial charge in [-0.15, -0.1) is 0 Å². The first-order valence-corrected chi connectivity index (χ1v) is 6.19. The Morgan fingerprint density at radius 1 is 1.14 bits per heavy atom. The van der Waals surface area contributed by atoms with Crippen molar-refractivity contribution in [2.45, 2.75) is 6.54 Å². The zero-order valence-electron chi connectivity index (χ0n) is 11.4. The van der Waals surface area contributed by atoms with Gasteiger partial charge in [0.05, 0.1) is 23.9 Å². The predicted octanol–water partition coefficient (Wildman–Crippen LogP) is 3.19. The van der Waals surface area contributed by atoms with Crippen LogP contribution in [0.25, 0.3) is 0 Å². The second-order valence-electron chi connectivity index (χ2n) is 4.27. The van der Waals surface area contributed by atoms with Crippen molar-refractivity contribution in [3.05, 3.63) is 58.9 Å². The van der Waals surface area contributed by atoms with E-state index in [4.69, 9.17) is 15.3 Å². The normalized spacial score (nSPS) is 9.52. The van der Waals surface area contributed by atoms with Gasteiger partial charge in [-0.1, -0.05) is 12.1 Å². The minimum Gasteiger partial charge on any atom is -0.494 e. The third-order valence-corrected chi connectivity index (χ3v) is 2.99. The van der Waals surface area contributed by atoms with Crippen molar-refractivity contribution in [2.24, 2.45) is 0 Å². The number of ether oxygens (including phenoxy) is 1. The number of rotatable bonds is 4. The lowest BCUT2D eigenvalue weighted by atomic mass is 10.1. The van der Waals surface area contributed by atoms with E-state index in [0.717, 1.165) is 0 Å². The van der Waals surface area contributed by atoms with E-state index in [1.54, 1.807) is 24.3 Å². The average Bonchev–Trinajstić information content (AvgIpc) is 2.52. The van der Waals surface area contributed by atoms with E-state index in [2.05, 4.69) is 5.32 Å². The second kappa shape index (κ2) is 6.40. The Bertz CT molecular complexity index is 712. The zero-order chi connectivity index (χ0) is 15.2. The van der Waals surface area contributed by atoms with Crippen LogP contribution in [-0.4, -0.2) is 7.11 Å². The highest BCUT2D eigenvalue weighted by Crippen LogP contribution is 2.22. The number of nitrogens with zero attached hydrogens (tertiary/aromatic N) is 2. The van der Waals surface area contributed by atoms with Crippen LogP contribution < -0.4 is 10.1 Å². The molecule has 0 heterocycles. The molecule has 104 valence electrons. The smallest absolute Gasteiger partial charge is 0.165 e. The summed E-state index contributed by atoms with van der Waals surface area (Å²) in [6.07, 6.45) is 0. The Balaban J connectivity index is 2.23. The van der Waals surface area contributed by atoms with Crippen molar-refractivity contribution < 1.29 is 9.13 Å². The molecule has 0 atom stereocenters. The maximum absolute atomic E-state index is 13.6. The average molecular weight is 281 g/mol. The van der Waals surface area contributed by atoms with Crippen molar-refractivity contribution in [3.8, 4) is 17.9 Å². The fourth-order valence-corrected chi connectivity index (χ4v) is 1.94. The number of anilines is 1. The van der Waals surface area contributed by atoms with Gasteiger partial charge in [0.15, 0.2) is 11.6 Å². The quantitative estimate of drug-likeness (QED) is 0.934. The van der Waals surface area contributed by atoms with E-state index in [0.29, 0.717) is 28.9 Å². The highest BCUT2D eigenvalue weighted by molar-refractivity contribution is 5.66. The fraction of sp³-hybridized carbons (Fsp3) is 0.125. The molecule has 0 amide bonds. The van der Waals surface area contributed by atoms with Crippen LogP contribution in [0.15, 0.2) is 36.4 Å². The molecule has 2 aromatic carbocycles. The SMILES string of the molecule is COc1ccc(CNc2c(C#N)cccc2C#N)cc1F. The third-order valence-electron chi connectivity index (χ3n) is 2.99. The molecule has 0 aliphatic rings. The number of hydrogen-bond acceptors (Lipinski definition) is 4. The molecule has 0 saturated carbocycles. The molecule has 0 saturated heterocycles. The first kappa shape index (κ1) is 14.4. The summed E-state index contributed by atoms with van der Waals surface area (Å²) < 4.78 is 18.5. The Morgan fingerprint density at radius 3 is 2.33 bits per heavy atom. The van der Waals surface area contributed by atoms with Crippen LogP contribution in [-0.2, 0) is 6.54 Å². The molecule has 0 bridgehead atoms. The number of nitrogens with one attached hydrogen (secondary N) is 1.